The molecule has 0 saturated heterocycles. The summed E-state index contributed by atoms with van der Waals surface area (Å²) in [5.41, 5.74) is 0.587. The van der Waals surface area contributed by atoms with Gasteiger partial charge in [-0.1, -0.05) is 91.0 Å². The van der Waals surface area contributed by atoms with Gasteiger partial charge in [-0.25, -0.2) is 9.59 Å². The lowest BCUT2D eigenvalue weighted by molar-refractivity contribution is -0.139. The number of methoxy groups -OCH3 is 2. The molecule has 0 amide bonds. The largest absolute Gasteiger partial charge is 0.471 e. The van der Waals surface area contributed by atoms with E-state index in [4.69, 9.17) is 14.2 Å². The maximum absolute atomic E-state index is 13.5. The topological polar surface area (TPSA) is 61.8 Å². The molecule has 5 rings (SSSR count). The molecule has 0 spiro atoms. The maximum Gasteiger partial charge on any atom is 0.339 e. The number of hydrogen-bond acceptors (Lipinski definition) is 5. The van der Waals surface area contributed by atoms with Crippen LogP contribution in [0.3, 0.4) is 0 Å². The molecule has 1 aliphatic heterocycles. The van der Waals surface area contributed by atoms with Crippen molar-refractivity contribution in [2.45, 2.75) is 5.60 Å². The van der Waals surface area contributed by atoms with E-state index in [0.29, 0.717) is 22.4 Å². The van der Waals surface area contributed by atoms with E-state index in [2.05, 4.69) is 0 Å². The summed E-state index contributed by atoms with van der Waals surface area (Å²) in [6.07, 6.45) is 0. The van der Waals surface area contributed by atoms with E-state index in [1.165, 1.54) is 14.2 Å². The highest BCUT2D eigenvalue weighted by Crippen LogP contribution is 2.52. The fourth-order valence-electron chi connectivity index (χ4n) is 4.65. The monoisotopic (exact) mass is 450 g/mol. The zero-order valence-electron chi connectivity index (χ0n) is 18.8. The van der Waals surface area contributed by atoms with Crippen LogP contribution in [0.1, 0.15) is 16.7 Å². The van der Waals surface area contributed by atoms with Crippen molar-refractivity contribution in [1.82, 2.24) is 0 Å². The van der Waals surface area contributed by atoms with Crippen LogP contribution in [0.5, 0.6) is 5.75 Å². The lowest BCUT2D eigenvalue weighted by Gasteiger charge is -2.41. The van der Waals surface area contributed by atoms with Crippen molar-refractivity contribution in [3.05, 3.63) is 119 Å². The smallest absolute Gasteiger partial charge is 0.339 e. The number of benzene rings is 4. The standard InChI is InChI=1S/C29H22O5/c1-32-27(30)24-23-18-17-19-11-9-10-16-22(19)26(23)34-29(25(24)28(31)33-2,20-12-5-3-6-13-20)21-14-7-4-8-15-21/h3-18H,1-2H3. The van der Waals surface area contributed by atoms with Gasteiger partial charge < -0.3 is 14.2 Å². The molecular formula is C29H22O5. The summed E-state index contributed by atoms with van der Waals surface area (Å²) in [4.78, 5) is 26.8. The van der Waals surface area contributed by atoms with Gasteiger partial charge in [-0.05, 0) is 11.5 Å². The fraction of sp³-hybridized carbons (Fsp3) is 0.103. The molecule has 0 saturated carbocycles. The Morgan fingerprint density at radius 2 is 1.24 bits per heavy atom. The molecule has 1 heterocycles. The third kappa shape index (κ3) is 3.17. The predicted octanol–water partition coefficient (Wildman–Crippen LogP) is 5.28. The highest BCUT2D eigenvalue weighted by Gasteiger charge is 2.51. The summed E-state index contributed by atoms with van der Waals surface area (Å²) in [6, 6.07) is 30.2. The van der Waals surface area contributed by atoms with E-state index >= 15 is 0 Å². The second kappa shape index (κ2) is 8.52. The van der Waals surface area contributed by atoms with Gasteiger partial charge in [0.2, 0.25) is 0 Å². The van der Waals surface area contributed by atoms with Gasteiger partial charge in [-0.3, -0.25) is 0 Å². The van der Waals surface area contributed by atoms with Crippen LogP contribution >= 0.6 is 0 Å². The van der Waals surface area contributed by atoms with Crippen LogP contribution in [-0.4, -0.2) is 26.2 Å². The molecule has 4 aromatic carbocycles. The average molecular weight is 450 g/mol. The lowest BCUT2D eigenvalue weighted by Crippen LogP contribution is -2.44. The Morgan fingerprint density at radius 1 is 0.676 bits per heavy atom. The summed E-state index contributed by atoms with van der Waals surface area (Å²) in [5, 5.41) is 1.77. The molecule has 5 nitrogen and oxygen atoms in total. The van der Waals surface area contributed by atoms with Crippen LogP contribution in [-0.2, 0) is 24.7 Å². The summed E-state index contributed by atoms with van der Waals surface area (Å²) < 4.78 is 17.3. The van der Waals surface area contributed by atoms with Crippen molar-refractivity contribution < 1.29 is 23.8 Å². The number of ether oxygens (including phenoxy) is 3. The SMILES string of the molecule is COC(=O)C1=C(C(=O)OC)C(c2ccccc2)(c2ccccc2)Oc2c1ccc1ccccc21. The Morgan fingerprint density at radius 3 is 1.82 bits per heavy atom. The number of fused-ring (bicyclic) bond motifs is 3. The van der Waals surface area contributed by atoms with E-state index in [1.54, 1.807) is 6.07 Å². The Bertz CT molecular complexity index is 1380. The maximum atomic E-state index is 13.5. The average Bonchev–Trinajstić information content (AvgIpc) is 2.91. The highest BCUT2D eigenvalue weighted by atomic mass is 16.5. The van der Waals surface area contributed by atoms with Gasteiger partial charge in [0, 0.05) is 22.1 Å². The normalized spacial score (nSPS) is 14.2. The zero-order chi connectivity index (χ0) is 23.7. The molecule has 0 radical (unpaired) electrons. The molecule has 0 unspecified atom stereocenters. The molecule has 0 N–H and O–H groups in total. The van der Waals surface area contributed by atoms with Crippen LogP contribution in [0.25, 0.3) is 16.3 Å². The van der Waals surface area contributed by atoms with Gasteiger partial charge in [-0.2, -0.15) is 0 Å². The minimum Gasteiger partial charge on any atom is -0.471 e. The number of carbonyl (C=O) groups is 2. The Balaban J connectivity index is 2.00. The predicted molar refractivity (Wildman–Crippen MR) is 129 cm³/mol. The second-order valence-corrected chi connectivity index (χ2v) is 7.91. The van der Waals surface area contributed by atoms with Crippen LogP contribution < -0.4 is 4.74 Å². The first-order valence-corrected chi connectivity index (χ1v) is 10.9. The first-order valence-electron chi connectivity index (χ1n) is 10.9. The van der Waals surface area contributed by atoms with Crippen molar-refractivity contribution in [1.29, 1.82) is 0 Å². The van der Waals surface area contributed by atoms with Gasteiger partial charge in [-0.15, -0.1) is 0 Å². The van der Waals surface area contributed by atoms with Gasteiger partial charge in [0.15, 0.2) is 5.60 Å². The van der Waals surface area contributed by atoms with Crippen LogP contribution in [0.2, 0.25) is 0 Å². The summed E-state index contributed by atoms with van der Waals surface area (Å²) in [6.45, 7) is 0. The molecule has 1 aliphatic rings. The first kappa shape index (κ1) is 21.5. The fourth-order valence-corrected chi connectivity index (χ4v) is 4.65. The second-order valence-electron chi connectivity index (χ2n) is 7.91. The molecule has 0 aliphatic carbocycles. The number of esters is 2. The quantitative estimate of drug-likeness (QED) is 0.396. The summed E-state index contributed by atoms with van der Waals surface area (Å²) >= 11 is 0. The van der Waals surface area contributed by atoms with Gasteiger partial charge >= 0.3 is 11.9 Å². The van der Waals surface area contributed by atoms with E-state index in [9.17, 15) is 9.59 Å². The van der Waals surface area contributed by atoms with Crippen molar-refractivity contribution in [2.24, 2.45) is 0 Å². The summed E-state index contributed by atoms with van der Waals surface area (Å²) in [7, 11) is 2.59. The third-order valence-corrected chi connectivity index (χ3v) is 6.15. The molecular weight excluding hydrogens is 428 g/mol. The molecule has 0 aromatic heterocycles. The zero-order valence-corrected chi connectivity index (χ0v) is 18.8. The molecule has 5 heteroatoms. The Hall–Kier alpha value is -4.38. The van der Waals surface area contributed by atoms with Crippen molar-refractivity contribution in [2.75, 3.05) is 14.2 Å². The first-order chi connectivity index (χ1) is 16.6. The Kier molecular flexibility index (Phi) is 5.38. The number of carbonyl (C=O) groups excluding carboxylic acids is 2. The van der Waals surface area contributed by atoms with Gasteiger partial charge in [0.1, 0.15) is 11.3 Å². The van der Waals surface area contributed by atoms with E-state index in [1.807, 2.05) is 91.0 Å². The van der Waals surface area contributed by atoms with E-state index in [0.717, 1.165) is 10.8 Å². The van der Waals surface area contributed by atoms with E-state index < -0.39 is 17.5 Å². The van der Waals surface area contributed by atoms with Gasteiger partial charge in [0.25, 0.3) is 0 Å². The minimum absolute atomic E-state index is 0.0713. The number of hydrogen-bond donors (Lipinski definition) is 0. The minimum atomic E-state index is -1.45. The highest BCUT2D eigenvalue weighted by molar-refractivity contribution is 6.26. The molecule has 0 fully saturated rings. The van der Waals surface area contributed by atoms with E-state index in [-0.39, 0.29) is 11.1 Å². The molecule has 0 bridgehead atoms. The summed E-state index contributed by atoms with van der Waals surface area (Å²) in [5.74, 6) is -0.817. The van der Waals surface area contributed by atoms with Crippen LogP contribution in [0.4, 0.5) is 0 Å². The molecule has 168 valence electrons. The van der Waals surface area contributed by atoms with Crippen molar-refractivity contribution >= 4 is 28.3 Å². The number of rotatable bonds is 4. The molecule has 0 atom stereocenters. The molecule has 4 aromatic rings. The van der Waals surface area contributed by atoms with Crippen LogP contribution in [0.15, 0.2) is 103 Å². The van der Waals surface area contributed by atoms with Crippen molar-refractivity contribution in [3.63, 3.8) is 0 Å². The molecule has 34 heavy (non-hydrogen) atoms. The third-order valence-electron chi connectivity index (χ3n) is 6.15. The Labute approximate surface area is 197 Å². The lowest BCUT2D eigenvalue weighted by atomic mass is 9.74. The van der Waals surface area contributed by atoms with Crippen molar-refractivity contribution in [3.8, 4) is 5.75 Å². The van der Waals surface area contributed by atoms with Gasteiger partial charge in [0.05, 0.1) is 19.8 Å². The van der Waals surface area contributed by atoms with Crippen LogP contribution in [0, 0.1) is 0 Å².